The third-order valence-corrected chi connectivity index (χ3v) is 5.31. The molecule has 6 nitrogen and oxygen atoms in total. The summed E-state index contributed by atoms with van der Waals surface area (Å²) in [5.41, 5.74) is 0.889. The van der Waals surface area contributed by atoms with E-state index in [2.05, 4.69) is 5.32 Å². The molecule has 0 bridgehead atoms. The Morgan fingerprint density at radius 1 is 1.13 bits per heavy atom. The van der Waals surface area contributed by atoms with E-state index in [-0.39, 0.29) is 37.1 Å². The first kappa shape index (κ1) is 23.6. The summed E-state index contributed by atoms with van der Waals surface area (Å²) >= 11 is 0. The van der Waals surface area contributed by atoms with Crippen molar-refractivity contribution in [2.24, 2.45) is 0 Å². The first-order valence-corrected chi connectivity index (χ1v) is 11.4. The SMILES string of the molecule is CC(C)Oc1cccc(CNC(=O)CCCN(c2ccc(F)c(F)c2)S(C)(=O)=O)c1. The third-order valence-electron chi connectivity index (χ3n) is 4.12. The molecule has 164 valence electrons. The van der Waals surface area contributed by atoms with Crippen LogP contribution in [-0.4, -0.2) is 33.2 Å². The van der Waals surface area contributed by atoms with Crippen LogP contribution in [0.5, 0.6) is 5.75 Å². The van der Waals surface area contributed by atoms with Crippen LogP contribution >= 0.6 is 0 Å². The molecule has 0 spiro atoms. The van der Waals surface area contributed by atoms with Gasteiger partial charge in [-0.15, -0.1) is 0 Å². The van der Waals surface area contributed by atoms with Crippen molar-refractivity contribution in [1.29, 1.82) is 0 Å². The van der Waals surface area contributed by atoms with Crippen molar-refractivity contribution >= 4 is 21.6 Å². The first-order chi connectivity index (χ1) is 14.1. The van der Waals surface area contributed by atoms with E-state index in [4.69, 9.17) is 4.74 Å². The lowest BCUT2D eigenvalue weighted by molar-refractivity contribution is -0.121. The fraction of sp³-hybridized carbons (Fsp3) is 0.381. The van der Waals surface area contributed by atoms with Crippen LogP contribution in [0.3, 0.4) is 0 Å². The molecule has 0 fully saturated rings. The van der Waals surface area contributed by atoms with Gasteiger partial charge in [0, 0.05) is 25.6 Å². The van der Waals surface area contributed by atoms with Crippen LogP contribution in [-0.2, 0) is 21.4 Å². The van der Waals surface area contributed by atoms with Crippen LogP contribution in [0.25, 0.3) is 0 Å². The van der Waals surface area contributed by atoms with Gasteiger partial charge < -0.3 is 10.1 Å². The van der Waals surface area contributed by atoms with E-state index < -0.39 is 21.7 Å². The Hall–Kier alpha value is -2.68. The average molecular weight is 441 g/mol. The number of nitrogens with zero attached hydrogens (tertiary/aromatic N) is 1. The summed E-state index contributed by atoms with van der Waals surface area (Å²) in [7, 11) is -3.72. The number of nitrogens with one attached hydrogen (secondary N) is 1. The molecule has 0 saturated carbocycles. The van der Waals surface area contributed by atoms with Crippen molar-refractivity contribution in [1.82, 2.24) is 5.32 Å². The predicted molar refractivity (Wildman–Crippen MR) is 112 cm³/mol. The van der Waals surface area contributed by atoms with E-state index in [0.29, 0.717) is 12.3 Å². The minimum absolute atomic E-state index is 0.0128. The van der Waals surface area contributed by atoms with Gasteiger partial charge in [0.2, 0.25) is 15.9 Å². The molecule has 0 aromatic heterocycles. The Kier molecular flexibility index (Phi) is 8.16. The highest BCUT2D eigenvalue weighted by atomic mass is 32.2. The zero-order valence-corrected chi connectivity index (χ0v) is 18.0. The summed E-state index contributed by atoms with van der Waals surface area (Å²) in [6, 6.07) is 10.3. The number of carbonyl (C=O) groups excluding carboxylic acids is 1. The van der Waals surface area contributed by atoms with E-state index in [1.165, 1.54) is 6.07 Å². The monoisotopic (exact) mass is 440 g/mol. The summed E-state index contributed by atoms with van der Waals surface area (Å²) in [4.78, 5) is 12.1. The molecule has 2 aromatic carbocycles. The van der Waals surface area contributed by atoms with Gasteiger partial charge in [0.25, 0.3) is 0 Å². The lowest BCUT2D eigenvalue weighted by Gasteiger charge is -2.22. The van der Waals surface area contributed by atoms with Gasteiger partial charge in [-0.3, -0.25) is 9.10 Å². The average Bonchev–Trinajstić information content (AvgIpc) is 2.65. The van der Waals surface area contributed by atoms with Gasteiger partial charge in [0.05, 0.1) is 18.0 Å². The molecular weight excluding hydrogens is 414 g/mol. The van der Waals surface area contributed by atoms with Gasteiger partial charge in [-0.05, 0) is 50.1 Å². The topological polar surface area (TPSA) is 75.7 Å². The summed E-state index contributed by atoms with van der Waals surface area (Å²) in [6.45, 7) is 4.13. The van der Waals surface area contributed by atoms with E-state index in [0.717, 1.165) is 28.3 Å². The molecule has 0 aliphatic carbocycles. The molecule has 1 amide bonds. The largest absolute Gasteiger partial charge is 0.491 e. The molecule has 0 unspecified atom stereocenters. The number of ether oxygens (including phenoxy) is 1. The Balaban J connectivity index is 1.89. The smallest absolute Gasteiger partial charge is 0.232 e. The van der Waals surface area contributed by atoms with Crippen LogP contribution in [0, 0.1) is 11.6 Å². The molecule has 0 radical (unpaired) electrons. The second-order valence-electron chi connectivity index (χ2n) is 7.13. The molecule has 9 heteroatoms. The Labute approximate surface area is 175 Å². The maximum Gasteiger partial charge on any atom is 0.232 e. The van der Waals surface area contributed by atoms with Crippen LogP contribution in [0.15, 0.2) is 42.5 Å². The van der Waals surface area contributed by atoms with Gasteiger partial charge in [-0.1, -0.05) is 12.1 Å². The molecule has 0 atom stereocenters. The minimum Gasteiger partial charge on any atom is -0.491 e. The van der Waals surface area contributed by atoms with E-state index in [1.807, 2.05) is 38.1 Å². The zero-order valence-electron chi connectivity index (χ0n) is 17.2. The fourth-order valence-corrected chi connectivity index (χ4v) is 3.76. The van der Waals surface area contributed by atoms with Crippen LogP contribution in [0.2, 0.25) is 0 Å². The van der Waals surface area contributed by atoms with Crippen LogP contribution in [0.4, 0.5) is 14.5 Å². The predicted octanol–water partition coefficient (Wildman–Crippen LogP) is 3.61. The number of anilines is 1. The molecule has 30 heavy (non-hydrogen) atoms. The second-order valence-corrected chi connectivity index (χ2v) is 9.03. The van der Waals surface area contributed by atoms with Crippen LogP contribution in [0.1, 0.15) is 32.3 Å². The molecule has 0 aliphatic rings. The van der Waals surface area contributed by atoms with Gasteiger partial charge >= 0.3 is 0 Å². The maximum atomic E-state index is 13.5. The van der Waals surface area contributed by atoms with Crippen molar-refractivity contribution in [3.63, 3.8) is 0 Å². The highest BCUT2D eigenvalue weighted by Crippen LogP contribution is 2.21. The van der Waals surface area contributed by atoms with Crippen LogP contribution < -0.4 is 14.4 Å². The quantitative estimate of drug-likeness (QED) is 0.612. The fourth-order valence-electron chi connectivity index (χ4n) is 2.80. The Morgan fingerprint density at radius 3 is 2.50 bits per heavy atom. The van der Waals surface area contributed by atoms with Crippen molar-refractivity contribution < 1.29 is 26.7 Å². The summed E-state index contributed by atoms with van der Waals surface area (Å²) in [5.74, 6) is -1.73. The number of hydrogen-bond donors (Lipinski definition) is 1. The number of hydrogen-bond acceptors (Lipinski definition) is 4. The summed E-state index contributed by atoms with van der Waals surface area (Å²) in [5, 5.41) is 2.78. The highest BCUT2D eigenvalue weighted by molar-refractivity contribution is 7.92. The number of sulfonamides is 1. The molecule has 2 rings (SSSR count). The first-order valence-electron chi connectivity index (χ1n) is 9.51. The van der Waals surface area contributed by atoms with E-state index in [9.17, 15) is 22.0 Å². The second kappa shape index (κ2) is 10.4. The van der Waals surface area contributed by atoms with Crippen molar-refractivity contribution in [2.45, 2.75) is 39.3 Å². The summed E-state index contributed by atoms with van der Waals surface area (Å²) < 4.78 is 57.2. The maximum absolute atomic E-state index is 13.5. The Bertz CT molecular complexity index is 981. The van der Waals surface area contributed by atoms with Gasteiger partial charge in [-0.2, -0.15) is 0 Å². The molecule has 0 heterocycles. The number of rotatable bonds is 10. The number of halogens is 2. The molecule has 0 saturated heterocycles. The molecule has 0 aliphatic heterocycles. The van der Waals surface area contributed by atoms with Gasteiger partial charge in [0.15, 0.2) is 11.6 Å². The van der Waals surface area contributed by atoms with Crippen molar-refractivity contribution in [3.8, 4) is 5.75 Å². The third kappa shape index (κ3) is 7.29. The standard InChI is InChI=1S/C21H26F2N2O4S/c1-15(2)29-18-7-4-6-16(12-18)14-24-21(26)8-5-11-25(30(3,27)28)17-9-10-19(22)20(23)13-17/h4,6-7,9-10,12-13,15H,5,8,11,14H2,1-3H3,(H,24,26). The van der Waals surface area contributed by atoms with Crippen molar-refractivity contribution in [2.75, 3.05) is 17.1 Å². The minimum atomic E-state index is -3.72. The zero-order chi connectivity index (χ0) is 22.3. The van der Waals surface area contributed by atoms with Crippen molar-refractivity contribution in [3.05, 3.63) is 59.7 Å². The van der Waals surface area contributed by atoms with E-state index >= 15 is 0 Å². The highest BCUT2D eigenvalue weighted by Gasteiger charge is 2.19. The van der Waals surface area contributed by atoms with E-state index in [1.54, 1.807) is 0 Å². The number of benzene rings is 2. The molecule has 1 N–H and O–H groups in total. The molecular formula is C21H26F2N2O4S. The van der Waals surface area contributed by atoms with Gasteiger partial charge in [-0.25, -0.2) is 17.2 Å². The van der Waals surface area contributed by atoms with Gasteiger partial charge in [0.1, 0.15) is 5.75 Å². The lowest BCUT2D eigenvalue weighted by Crippen LogP contribution is -2.32. The summed E-state index contributed by atoms with van der Waals surface area (Å²) in [6.07, 6.45) is 1.31. The lowest BCUT2D eigenvalue weighted by atomic mass is 10.2. The number of carbonyl (C=O) groups is 1. The molecule has 2 aromatic rings. The Morgan fingerprint density at radius 2 is 1.87 bits per heavy atom. The normalized spacial score (nSPS) is 11.4. The number of amides is 1.